The normalized spacial score (nSPS) is 32.8. The molecule has 0 spiro atoms. The minimum Gasteiger partial charge on any atom is -0.374 e. The van der Waals surface area contributed by atoms with Crippen molar-refractivity contribution in [3.63, 3.8) is 0 Å². The summed E-state index contributed by atoms with van der Waals surface area (Å²) in [5.74, 6) is 0.729. The molecule has 19 heavy (non-hydrogen) atoms. The molecular formula is C14H16Cl2N2O. The SMILES string of the molecule is CC[C@H]1O[C@@H](C2C=Cc3c(Cl)nc(Cl)nc32)C[C@H]1C. The van der Waals surface area contributed by atoms with E-state index in [4.69, 9.17) is 27.9 Å². The van der Waals surface area contributed by atoms with E-state index in [2.05, 4.69) is 29.9 Å². The molecule has 102 valence electrons. The third-order valence-electron chi connectivity index (χ3n) is 4.08. The van der Waals surface area contributed by atoms with Gasteiger partial charge in [-0.2, -0.15) is 0 Å². The number of hydrogen-bond donors (Lipinski definition) is 0. The average molecular weight is 299 g/mol. The van der Waals surface area contributed by atoms with E-state index < -0.39 is 0 Å². The molecule has 1 aromatic rings. The zero-order chi connectivity index (χ0) is 13.6. The number of hydrogen-bond acceptors (Lipinski definition) is 3. The molecule has 1 aliphatic carbocycles. The van der Waals surface area contributed by atoms with Gasteiger partial charge >= 0.3 is 0 Å². The van der Waals surface area contributed by atoms with E-state index in [1.54, 1.807) is 0 Å². The van der Waals surface area contributed by atoms with Gasteiger partial charge in [0.25, 0.3) is 0 Å². The Balaban J connectivity index is 1.89. The predicted molar refractivity (Wildman–Crippen MR) is 76.6 cm³/mol. The number of aromatic nitrogens is 2. The molecule has 1 aromatic heterocycles. The maximum Gasteiger partial charge on any atom is 0.224 e. The molecule has 0 N–H and O–H groups in total. The summed E-state index contributed by atoms with van der Waals surface area (Å²) in [6.07, 6.45) is 6.69. The second-order valence-electron chi connectivity index (χ2n) is 5.30. The predicted octanol–water partition coefficient (Wildman–Crippen LogP) is 4.10. The lowest BCUT2D eigenvalue weighted by Crippen LogP contribution is -2.18. The molecule has 4 atom stereocenters. The number of halogens is 2. The van der Waals surface area contributed by atoms with Crippen molar-refractivity contribution in [3.05, 3.63) is 27.8 Å². The van der Waals surface area contributed by atoms with E-state index >= 15 is 0 Å². The fourth-order valence-corrected chi connectivity index (χ4v) is 3.55. The van der Waals surface area contributed by atoms with E-state index in [0.717, 1.165) is 24.1 Å². The van der Waals surface area contributed by atoms with Crippen LogP contribution in [-0.2, 0) is 4.74 Å². The Hall–Kier alpha value is -0.640. The minimum atomic E-state index is 0.145. The number of ether oxygens (including phenoxy) is 1. The highest BCUT2D eigenvalue weighted by atomic mass is 35.5. The summed E-state index contributed by atoms with van der Waals surface area (Å²) in [7, 11) is 0. The second-order valence-corrected chi connectivity index (χ2v) is 6.00. The summed E-state index contributed by atoms with van der Waals surface area (Å²) in [6.45, 7) is 4.41. The van der Waals surface area contributed by atoms with Crippen LogP contribution in [0.3, 0.4) is 0 Å². The van der Waals surface area contributed by atoms with Crippen LogP contribution < -0.4 is 0 Å². The summed E-state index contributed by atoms with van der Waals surface area (Å²) in [4.78, 5) is 8.32. The molecule has 0 amide bonds. The zero-order valence-corrected chi connectivity index (χ0v) is 12.4. The van der Waals surface area contributed by atoms with Crippen LogP contribution in [0.25, 0.3) is 6.08 Å². The lowest BCUT2D eigenvalue weighted by molar-refractivity contribution is 0.0273. The van der Waals surface area contributed by atoms with Gasteiger partial charge in [0.1, 0.15) is 5.15 Å². The maximum absolute atomic E-state index is 6.15. The zero-order valence-electron chi connectivity index (χ0n) is 10.9. The molecule has 0 radical (unpaired) electrons. The Kier molecular flexibility index (Phi) is 3.54. The van der Waals surface area contributed by atoms with Crippen LogP contribution in [0.1, 0.15) is 43.9 Å². The van der Waals surface area contributed by atoms with Crippen molar-refractivity contribution in [2.45, 2.75) is 44.8 Å². The smallest absolute Gasteiger partial charge is 0.224 e. The standard InChI is InChI=1S/C14H16Cl2N2O/c1-3-10-7(2)6-11(19-10)8-4-5-9-12(8)17-14(16)18-13(9)15/h4-5,7-8,10-11H,3,6H2,1-2H3/t7-,8?,10-,11-/m1/s1. The molecule has 2 heterocycles. The third kappa shape index (κ3) is 2.28. The first-order valence-electron chi connectivity index (χ1n) is 6.66. The van der Waals surface area contributed by atoms with Crippen molar-refractivity contribution in [1.29, 1.82) is 0 Å². The van der Waals surface area contributed by atoms with Gasteiger partial charge < -0.3 is 4.74 Å². The van der Waals surface area contributed by atoms with Gasteiger partial charge in [0.05, 0.1) is 17.9 Å². The Morgan fingerprint density at radius 1 is 1.37 bits per heavy atom. The van der Waals surface area contributed by atoms with E-state index in [0.29, 0.717) is 17.2 Å². The molecule has 0 saturated carbocycles. The molecule has 1 saturated heterocycles. The molecular weight excluding hydrogens is 283 g/mol. The highest BCUT2D eigenvalue weighted by molar-refractivity contribution is 6.33. The topological polar surface area (TPSA) is 35.0 Å². The van der Waals surface area contributed by atoms with Crippen LogP contribution in [0.5, 0.6) is 0 Å². The minimum absolute atomic E-state index is 0.145. The molecule has 0 bridgehead atoms. The Bertz CT molecular complexity index is 532. The summed E-state index contributed by atoms with van der Waals surface area (Å²) in [5.41, 5.74) is 1.78. The number of rotatable bonds is 2. The third-order valence-corrected chi connectivity index (χ3v) is 4.54. The van der Waals surface area contributed by atoms with Gasteiger partial charge in [-0.05, 0) is 30.4 Å². The van der Waals surface area contributed by atoms with E-state index in [9.17, 15) is 0 Å². The Morgan fingerprint density at radius 3 is 2.84 bits per heavy atom. The maximum atomic E-state index is 6.15. The van der Waals surface area contributed by atoms with E-state index in [1.807, 2.05) is 6.08 Å². The molecule has 3 rings (SSSR count). The van der Waals surface area contributed by atoms with Crippen molar-refractivity contribution < 1.29 is 4.74 Å². The Labute approximate surface area is 123 Å². The summed E-state index contributed by atoms with van der Waals surface area (Å²) >= 11 is 12.0. The molecule has 1 unspecified atom stereocenters. The van der Waals surface area contributed by atoms with E-state index in [-0.39, 0.29) is 17.3 Å². The van der Waals surface area contributed by atoms with Crippen molar-refractivity contribution in [3.8, 4) is 0 Å². The highest BCUT2D eigenvalue weighted by Gasteiger charge is 2.38. The summed E-state index contributed by atoms with van der Waals surface area (Å²) < 4.78 is 6.15. The summed E-state index contributed by atoms with van der Waals surface area (Å²) in [6, 6.07) is 0. The van der Waals surface area contributed by atoms with Gasteiger partial charge in [-0.1, -0.05) is 37.6 Å². The molecule has 0 aromatic carbocycles. The second kappa shape index (κ2) is 5.04. The first-order chi connectivity index (χ1) is 9.10. The average Bonchev–Trinajstić information content (AvgIpc) is 2.92. The lowest BCUT2D eigenvalue weighted by atomic mass is 9.93. The fraction of sp³-hybridized carbons (Fsp3) is 0.571. The highest BCUT2D eigenvalue weighted by Crippen LogP contribution is 2.42. The monoisotopic (exact) mass is 298 g/mol. The number of nitrogens with zero attached hydrogens (tertiary/aromatic N) is 2. The van der Waals surface area contributed by atoms with Crippen molar-refractivity contribution in [2.75, 3.05) is 0 Å². The molecule has 5 heteroatoms. The van der Waals surface area contributed by atoms with Gasteiger partial charge in [-0.15, -0.1) is 0 Å². The van der Waals surface area contributed by atoms with Gasteiger partial charge in [-0.3, -0.25) is 0 Å². The van der Waals surface area contributed by atoms with Crippen LogP contribution in [0.15, 0.2) is 6.08 Å². The Morgan fingerprint density at radius 2 is 2.16 bits per heavy atom. The van der Waals surface area contributed by atoms with Crippen molar-refractivity contribution in [2.24, 2.45) is 5.92 Å². The lowest BCUT2D eigenvalue weighted by Gasteiger charge is -2.19. The molecule has 2 aliphatic rings. The van der Waals surface area contributed by atoms with Gasteiger partial charge in [0.15, 0.2) is 0 Å². The van der Waals surface area contributed by atoms with Crippen molar-refractivity contribution >= 4 is 29.3 Å². The first-order valence-corrected chi connectivity index (χ1v) is 7.42. The van der Waals surface area contributed by atoms with Crippen LogP contribution >= 0.6 is 23.2 Å². The van der Waals surface area contributed by atoms with Gasteiger partial charge in [0, 0.05) is 11.5 Å². The molecule has 3 nitrogen and oxygen atoms in total. The molecule has 1 aliphatic heterocycles. The molecule has 1 fully saturated rings. The van der Waals surface area contributed by atoms with Crippen LogP contribution in [0, 0.1) is 5.92 Å². The van der Waals surface area contributed by atoms with Gasteiger partial charge in [-0.25, -0.2) is 9.97 Å². The summed E-state index contributed by atoms with van der Waals surface area (Å²) in [5, 5.41) is 0.627. The first kappa shape index (κ1) is 13.3. The van der Waals surface area contributed by atoms with Crippen LogP contribution in [0.2, 0.25) is 10.4 Å². The van der Waals surface area contributed by atoms with Crippen molar-refractivity contribution in [1.82, 2.24) is 9.97 Å². The van der Waals surface area contributed by atoms with Crippen LogP contribution in [0.4, 0.5) is 0 Å². The largest absolute Gasteiger partial charge is 0.374 e. The van der Waals surface area contributed by atoms with E-state index in [1.165, 1.54) is 0 Å². The van der Waals surface area contributed by atoms with Gasteiger partial charge in [0.2, 0.25) is 5.28 Å². The van der Waals surface area contributed by atoms with Crippen LogP contribution in [-0.4, -0.2) is 22.2 Å². The number of fused-ring (bicyclic) bond motifs is 1. The fourth-order valence-electron chi connectivity index (χ4n) is 3.09. The quantitative estimate of drug-likeness (QED) is 0.609.